The topological polar surface area (TPSA) is 90.3 Å². The molecule has 1 aromatic carbocycles. The number of nitrogens with zero attached hydrogens (tertiary/aromatic N) is 2. The molecule has 0 aliphatic carbocycles. The quantitative estimate of drug-likeness (QED) is 0.733. The van der Waals surface area contributed by atoms with Gasteiger partial charge < -0.3 is 19.8 Å². The van der Waals surface area contributed by atoms with Gasteiger partial charge in [0.1, 0.15) is 11.2 Å². The number of benzene rings is 1. The summed E-state index contributed by atoms with van der Waals surface area (Å²) in [5, 5.41) is 18.9. The number of amides is 1. The van der Waals surface area contributed by atoms with E-state index in [1.807, 2.05) is 29.2 Å². The Morgan fingerprint density at radius 1 is 1.23 bits per heavy atom. The lowest BCUT2D eigenvalue weighted by atomic mass is 9.81. The largest absolute Gasteiger partial charge is 0.497 e. The zero-order valence-corrected chi connectivity index (χ0v) is 15.1. The zero-order valence-electron chi connectivity index (χ0n) is 15.1. The first kappa shape index (κ1) is 18.7. The molecule has 142 valence electrons. The van der Waals surface area contributed by atoms with Crippen molar-refractivity contribution in [2.45, 2.75) is 12.8 Å². The lowest BCUT2D eigenvalue weighted by Gasteiger charge is -2.25. The number of hydrogen-bond acceptors (Lipinski definition) is 5. The third-order valence-corrected chi connectivity index (χ3v) is 5.66. The number of methoxy groups -OCH3 is 1. The highest BCUT2D eigenvalue weighted by Gasteiger charge is 2.58. The first-order chi connectivity index (χ1) is 12.5. The average Bonchev–Trinajstić information content (AvgIpc) is 3.15. The molecule has 7 nitrogen and oxygen atoms in total. The fourth-order valence-electron chi connectivity index (χ4n) is 4.18. The number of carbonyl (C=O) groups is 2. The van der Waals surface area contributed by atoms with Gasteiger partial charge in [-0.2, -0.15) is 0 Å². The summed E-state index contributed by atoms with van der Waals surface area (Å²) >= 11 is 0. The van der Waals surface area contributed by atoms with Crippen LogP contribution in [0.3, 0.4) is 0 Å². The molecule has 2 N–H and O–H groups in total. The van der Waals surface area contributed by atoms with E-state index in [4.69, 9.17) is 9.84 Å². The van der Waals surface area contributed by atoms with Crippen LogP contribution in [0.4, 0.5) is 0 Å². The minimum Gasteiger partial charge on any atom is -0.497 e. The maximum Gasteiger partial charge on any atom is 0.313 e. The van der Waals surface area contributed by atoms with E-state index in [2.05, 4.69) is 0 Å². The van der Waals surface area contributed by atoms with Crippen molar-refractivity contribution in [2.75, 3.05) is 46.4 Å². The van der Waals surface area contributed by atoms with Crippen molar-refractivity contribution >= 4 is 11.9 Å². The Hall–Kier alpha value is -2.12. The normalized spacial score (nSPS) is 25.3. The lowest BCUT2D eigenvalue weighted by molar-refractivity contribution is -0.149. The summed E-state index contributed by atoms with van der Waals surface area (Å²) in [5.41, 5.74) is 0.158. The molecule has 1 aromatic rings. The summed E-state index contributed by atoms with van der Waals surface area (Å²) in [4.78, 5) is 28.2. The molecule has 26 heavy (non-hydrogen) atoms. The molecule has 0 unspecified atom stereocenters. The first-order valence-corrected chi connectivity index (χ1v) is 8.96. The molecule has 0 spiro atoms. The minimum atomic E-state index is -0.898. The van der Waals surface area contributed by atoms with E-state index in [9.17, 15) is 14.7 Å². The van der Waals surface area contributed by atoms with E-state index in [0.29, 0.717) is 39.0 Å². The predicted octanol–water partition coefficient (Wildman–Crippen LogP) is 0.465. The van der Waals surface area contributed by atoms with Gasteiger partial charge in [0, 0.05) is 45.1 Å². The van der Waals surface area contributed by atoms with Crippen LogP contribution in [0.2, 0.25) is 0 Å². The summed E-state index contributed by atoms with van der Waals surface area (Å²) in [6, 6.07) is 7.62. The van der Waals surface area contributed by atoms with Crippen LogP contribution in [-0.2, 0) is 16.0 Å². The lowest BCUT2D eigenvalue weighted by Crippen LogP contribution is -2.42. The van der Waals surface area contributed by atoms with Crippen LogP contribution in [0.5, 0.6) is 5.75 Å². The van der Waals surface area contributed by atoms with E-state index in [0.717, 1.165) is 11.3 Å². The standard InChI is InChI=1S/C19H26N2O5/c1-26-16-5-2-14(3-6-16)4-7-17(23)21-11-15-10-20(8-9-22)12-19(15,13-21)18(24)25/h2-3,5-6,15,22H,4,7-13H2,1H3,(H,24,25)/t15-,19-/m1/s1. The van der Waals surface area contributed by atoms with Gasteiger partial charge in [-0.1, -0.05) is 12.1 Å². The molecule has 7 heteroatoms. The molecule has 2 heterocycles. The van der Waals surface area contributed by atoms with E-state index in [1.54, 1.807) is 12.0 Å². The Balaban J connectivity index is 1.59. The van der Waals surface area contributed by atoms with Gasteiger partial charge in [0.25, 0.3) is 0 Å². The van der Waals surface area contributed by atoms with E-state index < -0.39 is 11.4 Å². The van der Waals surface area contributed by atoms with Gasteiger partial charge in [-0.25, -0.2) is 0 Å². The molecule has 2 fully saturated rings. The number of aryl methyl sites for hydroxylation is 1. The van der Waals surface area contributed by atoms with E-state index >= 15 is 0 Å². The number of aliphatic carboxylic acids is 1. The number of aliphatic hydroxyl groups is 1. The van der Waals surface area contributed by atoms with Crippen molar-refractivity contribution in [3.05, 3.63) is 29.8 Å². The smallest absolute Gasteiger partial charge is 0.313 e. The molecule has 2 saturated heterocycles. The Morgan fingerprint density at radius 3 is 2.54 bits per heavy atom. The number of hydrogen-bond donors (Lipinski definition) is 2. The molecule has 2 aliphatic heterocycles. The maximum absolute atomic E-state index is 12.6. The summed E-state index contributed by atoms with van der Waals surface area (Å²) in [5.74, 6) is -0.127. The van der Waals surface area contributed by atoms with Gasteiger partial charge in [-0.3, -0.25) is 14.5 Å². The third-order valence-electron chi connectivity index (χ3n) is 5.66. The van der Waals surface area contributed by atoms with Crippen LogP contribution in [0.1, 0.15) is 12.0 Å². The summed E-state index contributed by atoms with van der Waals surface area (Å²) in [6.07, 6.45) is 0.996. The number of β-amino-alcohol motifs (C(OH)–C–C–N with tert-alkyl or cyclic N) is 1. The summed E-state index contributed by atoms with van der Waals surface area (Å²) in [6.45, 7) is 2.26. The van der Waals surface area contributed by atoms with Gasteiger partial charge in [0.15, 0.2) is 0 Å². The average molecular weight is 362 g/mol. The van der Waals surface area contributed by atoms with Crippen molar-refractivity contribution in [3.8, 4) is 5.75 Å². The van der Waals surface area contributed by atoms with Crippen molar-refractivity contribution in [2.24, 2.45) is 11.3 Å². The minimum absolute atomic E-state index is 0.00421. The number of carbonyl (C=O) groups excluding carboxylic acids is 1. The molecule has 0 radical (unpaired) electrons. The second kappa shape index (κ2) is 7.63. The summed E-state index contributed by atoms with van der Waals surface area (Å²) < 4.78 is 5.13. The Morgan fingerprint density at radius 2 is 1.96 bits per heavy atom. The van der Waals surface area contributed by atoms with Crippen LogP contribution in [-0.4, -0.2) is 78.3 Å². The van der Waals surface area contributed by atoms with Crippen molar-refractivity contribution in [3.63, 3.8) is 0 Å². The highest BCUT2D eigenvalue weighted by atomic mass is 16.5. The zero-order chi connectivity index (χ0) is 18.7. The SMILES string of the molecule is COc1ccc(CCC(=O)N2C[C@H]3CN(CCO)C[C@@]3(C(=O)O)C2)cc1. The number of likely N-dealkylation sites (tertiary alicyclic amines) is 2. The first-order valence-electron chi connectivity index (χ1n) is 8.96. The van der Waals surface area contributed by atoms with Gasteiger partial charge in [-0.15, -0.1) is 0 Å². The van der Waals surface area contributed by atoms with Gasteiger partial charge >= 0.3 is 5.97 Å². The second-order valence-corrected chi connectivity index (χ2v) is 7.24. The van der Waals surface area contributed by atoms with Crippen LogP contribution in [0.15, 0.2) is 24.3 Å². The molecule has 3 rings (SSSR count). The number of aliphatic hydroxyl groups excluding tert-OH is 1. The summed E-state index contributed by atoms with van der Waals surface area (Å²) in [7, 11) is 1.61. The van der Waals surface area contributed by atoms with Crippen LogP contribution >= 0.6 is 0 Å². The van der Waals surface area contributed by atoms with Gasteiger partial charge in [-0.05, 0) is 24.1 Å². The maximum atomic E-state index is 12.6. The second-order valence-electron chi connectivity index (χ2n) is 7.24. The van der Waals surface area contributed by atoms with Gasteiger partial charge in [0.2, 0.25) is 5.91 Å². The van der Waals surface area contributed by atoms with E-state index in [-0.39, 0.29) is 25.0 Å². The number of ether oxygens (including phenoxy) is 1. The van der Waals surface area contributed by atoms with Crippen molar-refractivity contribution < 1.29 is 24.5 Å². The molecular weight excluding hydrogens is 336 g/mol. The number of fused-ring (bicyclic) bond motifs is 1. The highest BCUT2D eigenvalue weighted by molar-refractivity contribution is 5.81. The highest BCUT2D eigenvalue weighted by Crippen LogP contribution is 2.42. The van der Waals surface area contributed by atoms with Crippen LogP contribution in [0, 0.1) is 11.3 Å². The third kappa shape index (κ3) is 3.54. The van der Waals surface area contributed by atoms with Crippen LogP contribution in [0.25, 0.3) is 0 Å². The number of carboxylic acids is 1. The predicted molar refractivity (Wildman–Crippen MR) is 95.0 cm³/mol. The molecule has 0 aromatic heterocycles. The van der Waals surface area contributed by atoms with Crippen molar-refractivity contribution in [1.29, 1.82) is 0 Å². The molecular formula is C19H26N2O5. The monoisotopic (exact) mass is 362 g/mol. The molecule has 2 aliphatic rings. The van der Waals surface area contributed by atoms with Crippen molar-refractivity contribution in [1.82, 2.24) is 9.80 Å². The van der Waals surface area contributed by atoms with E-state index in [1.165, 1.54) is 0 Å². The number of rotatable bonds is 7. The molecule has 0 bridgehead atoms. The molecule has 2 atom stereocenters. The number of carboxylic acid groups (broad SMARTS) is 1. The molecule has 0 saturated carbocycles. The Kier molecular flexibility index (Phi) is 5.48. The molecule has 1 amide bonds. The van der Waals surface area contributed by atoms with Gasteiger partial charge in [0.05, 0.1) is 13.7 Å². The Bertz CT molecular complexity index is 662. The Labute approximate surface area is 153 Å². The fourth-order valence-corrected chi connectivity index (χ4v) is 4.18. The van der Waals surface area contributed by atoms with Crippen LogP contribution < -0.4 is 4.74 Å². The fraction of sp³-hybridized carbons (Fsp3) is 0.579.